The highest BCUT2D eigenvalue weighted by Gasteiger charge is 2.60. The summed E-state index contributed by atoms with van der Waals surface area (Å²) in [4.78, 5) is 24.6. The number of carbonyl (C=O) groups excluding carboxylic acids is 1. The van der Waals surface area contributed by atoms with Gasteiger partial charge in [0, 0.05) is 13.3 Å². The lowest BCUT2D eigenvalue weighted by atomic mass is 9.88. The molecule has 21 atom stereocenters. The van der Waals surface area contributed by atoms with Crippen molar-refractivity contribution in [3.63, 3.8) is 0 Å². The Balaban J connectivity index is 1.60. The Morgan fingerprint density at radius 1 is 0.868 bits per heavy atom. The topological polar surface area (TPSA) is 400 Å². The average molecular weight is 779 g/mol. The number of aliphatic hydroxyl groups is 12. The van der Waals surface area contributed by atoms with Gasteiger partial charge < -0.3 is 111 Å². The molecule has 4 rings (SSSR count). The number of hydrogen-bond acceptors (Lipinski definition) is 22. The van der Waals surface area contributed by atoms with Gasteiger partial charge in [0.25, 0.3) is 5.79 Å². The molecule has 53 heavy (non-hydrogen) atoms. The van der Waals surface area contributed by atoms with Crippen molar-refractivity contribution >= 4 is 11.9 Å². The summed E-state index contributed by atoms with van der Waals surface area (Å²) in [5, 5.41) is 138. The summed E-state index contributed by atoms with van der Waals surface area (Å²) in [7, 11) is 0. The van der Waals surface area contributed by atoms with E-state index in [4.69, 9.17) is 38.9 Å². The van der Waals surface area contributed by atoms with Crippen LogP contribution in [0.4, 0.5) is 0 Å². The summed E-state index contributed by atoms with van der Waals surface area (Å²) in [6.07, 6.45) is -33.7. The van der Waals surface area contributed by atoms with Crippen molar-refractivity contribution in [3.8, 4) is 0 Å². The molecular formula is C29H50N2O22. The predicted octanol–water partition coefficient (Wildman–Crippen LogP) is -9.41. The zero-order chi connectivity index (χ0) is 39.7. The number of nitrogens with one attached hydrogen (secondary N) is 1. The SMILES string of the molecule is CC(=O)N[C@H]1[C@H]([C@H](O)[C@H](O)CO)O[C@@](O[C@H]2[C@@H](O)[C@@H](CO)O[C@@H](O[C@H]3[C@H](O)[C@@H](N)[C@H](O)O[C@@H]3CO[C@@H]3O[C@@H](C)[C@@H](O)[C@@H](O)[C@@H]3O)[C@@H]2O)(C(=O)O)C[C@@H]1O. The second-order valence-corrected chi connectivity index (χ2v) is 13.4. The molecule has 4 heterocycles. The molecule has 4 aliphatic rings. The van der Waals surface area contributed by atoms with Crippen molar-refractivity contribution < 1.29 is 109 Å². The van der Waals surface area contributed by atoms with Gasteiger partial charge in [-0.25, -0.2) is 4.79 Å². The summed E-state index contributed by atoms with van der Waals surface area (Å²) in [5.74, 6) is -5.84. The van der Waals surface area contributed by atoms with Crippen LogP contribution in [0.3, 0.4) is 0 Å². The molecule has 4 saturated heterocycles. The van der Waals surface area contributed by atoms with E-state index in [1.54, 1.807) is 0 Å². The molecule has 4 fully saturated rings. The normalized spacial score (nSPS) is 47.8. The molecule has 0 aromatic carbocycles. The van der Waals surface area contributed by atoms with Crippen molar-refractivity contribution in [2.45, 2.75) is 149 Å². The van der Waals surface area contributed by atoms with Gasteiger partial charge >= 0.3 is 5.97 Å². The van der Waals surface area contributed by atoms with Gasteiger partial charge in [0.05, 0.1) is 44.1 Å². The minimum Gasteiger partial charge on any atom is -0.477 e. The summed E-state index contributed by atoms with van der Waals surface area (Å²) in [6, 6.07) is -3.13. The lowest BCUT2D eigenvalue weighted by Gasteiger charge is -2.50. The number of nitrogens with two attached hydrogens (primary N) is 1. The van der Waals surface area contributed by atoms with Gasteiger partial charge in [0.2, 0.25) is 5.91 Å². The Labute approximate surface area is 300 Å². The summed E-state index contributed by atoms with van der Waals surface area (Å²) in [5.41, 5.74) is 5.86. The lowest BCUT2D eigenvalue weighted by molar-refractivity contribution is -0.383. The highest BCUT2D eigenvalue weighted by Crippen LogP contribution is 2.38. The minimum absolute atomic E-state index is 0.676. The highest BCUT2D eigenvalue weighted by molar-refractivity contribution is 5.76. The Kier molecular flexibility index (Phi) is 14.9. The highest BCUT2D eigenvalue weighted by atomic mass is 16.8. The maximum absolute atomic E-state index is 12.8. The maximum atomic E-state index is 12.8. The van der Waals surface area contributed by atoms with E-state index in [0.717, 1.165) is 6.92 Å². The fourth-order valence-corrected chi connectivity index (χ4v) is 6.53. The molecule has 0 aromatic heterocycles. The molecule has 4 aliphatic heterocycles. The van der Waals surface area contributed by atoms with Gasteiger partial charge in [0.1, 0.15) is 79.4 Å². The Morgan fingerprint density at radius 3 is 2.11 bits per heavy atom. The van der Waals surface area contributed by atoms with Crippen LogP contribution < -0.4 is 11.1 Å². The molecule has 0 radical (unpaired) electrons. The standard InChI is InChI=1S/C29H50N2O22/c1-7-15(37)19(41)20(42)26(48-7)47-6-12-22(18(40)13(30)25(44)49-12)51-27-21(43)24(17(39)11(5-33)50-27)53-29(28(45)46)3-9(35)14(31-8(2)34)23(52-29)16(38)10(36)4-32/h7,9-27,32-33,35-44H,3-6,30H2,1-2H3,(H,31,34)(H,45,46)/t7-,9-,10+,11+,12+,13+,14+,15+,16+,17-,18+,19+,20-,21+,22+,23+,24-,25+,26+,27-,29-/m0/s1. The van der Waals surface area contributed by atoms with Crippen LogP contribution in [0.2, 0.25) is 0 Å². The van der Waals surface area contributed by atoms with Crippen LogP contribution >= 0.6 is 0 Å². The number of hydrogen-bond donors (Lipinski definition) is 15. The van der Waals surface area contributed by atoms with Crippen LogP contribution in [-0.4, -0.2) is 226 Å². The van der Waals surface area contributed by atoms with Crippen molar-refractivity contribution in [3.05, 3.63) is 0 Å². The number of carbonyl (C=O) groups is 2. The second kappa shape index (κ2) is 17.9. The van der Waals surface area contributed by atoms with E-state index in [-0.39, 0.29) is 0 Å². The number of rotatable bonds is 13. The number of carboxylic acids is 1. The van der Waals surface area contributed by atoms with Crippen LogP contribution in [-0.2, 0) is 42.7 Å². The monoisotopic (exact) mass is 778 g/mol. The molecule has 24 heteroatoms. The quantitative estimate of drug-likeness (QED) is 0.0825. The predicted molar refractivity (Wildman–Crippen MR) is 163 cm³/mol. The molecule has 0 aliphatic carbocycles. The van der Waals surface area contributed by atoms with Gasteiger partial charge in [0.15, 0.2) is 18.9 Å². The van der Waals surface area contributed by atoms with Crippen LogP contribution in [0.15, 0.2) is 0 Å². The Hall–Kier alpha value is -1.86. The molecule has 308 valence electrons. The Morgan fingerprint density at radius 2 is 1.53 bits per heavy atom. The molecular weight excluding hydrogens is 728 g/mol. The number of carboxylic acid groups (broad SMARTS) is 1. The lowest BCUT2D eigenvalue weighted by Crippen LogP contribution is -2.71. The van der Waals surface area contributed by atoms with E-state index >= 15 is 0 Å². The molecule has 1 amide bonds. The molecule has 0 saturated carbocycles. The molecule has 0 aromatic rings. The summed E-state index contributed by atoms with van der Waals surface area (Å²) < 4.78 is 38.8. The average Bonchev–Trinajstić information content (AvgIpc) is 3.11. The smallest absolute Gasteiger partial charge is 0.364 e. The van der Waals surface area contributed by atoms with Gasteiger partial charge in [-0.05, 0) is 6.92 Å². The second-order valence-electron chi connectivity index (χ2n) is 13.4. The number of amides is 1. The third-order valence-corrected chi connectivity index (χ3v) is 9.60. The van der Waals surface area contributed by atoms with Gasteiger partial charge in [-0.3, -0.25) is 4.79 Å². The number of ether oxygens (including phenoxy) is 7. The van der Waals surface area contributed by atoms with Crippen molar-refractivity contribution in [1.29, 1.82) is 0 Å². The van der Waals surface area contributed by atoms with Gasteiger partial charge in [-0.1, -0.05) is 0 Å². The van der Waals surface area contributed by atoms with Gasteiger partial charge in [-0.15, -0.1) is 0 Å². The van der Waals surface area contributed by atoms with Crippen molar-refractivity contribution in [2.24, 2.45) is 5.73 Å². The molecule has 0 spiro atoms. The molecule has 16 N–H and O–H groups in total. The van der Waals surface area contributed by atoms with E-state index < -0.39 is 166 Å². The molecule has 0 unspecified atom stereocenters. The van der Waals surface area contributed by atoms with Crippen molar-refractivity contribution in [2.75, 3.05) is 19.8 Å². The largest absolute Gasteiger partial charge is 0.477 e. The first kappa shape index (κ1) is 43.9. The maximum Gasteiger partial charge on any atom is 0.364 e. The molecule has 24 nitrogen and oxygen atoms in total. The van der Waals surface area contributed by atoms with E-state index in [2.05, 4.69) is 5.32 Å². The number of aliphatic hydroxyl groups excluding tert-OH is 12. The van der Waals surface area contributed by atoms with E-state index in [1.165, 1.54) is 6.92 Å². The molecule has 0 bridgehead atoms. The van der Waals surface area contributed by atoms with E-state index in [9.17, 15) is 76.0 Å². The minimum atomic E-state index is -3.07. The van der Waals surface area contributed by atoms with Crippen LogP contribution in [0.25, 0.3) is 0 Å². The third kappa shape index (κ3) is 9.24. The number of aliphatic carboxylic acids is 1. The fraction of sp³-hybridized carbons (Fsp3) is 0.931. The fourth-order valence-electron chi connectivity index (χ4n) is 6.53. The third-order valence-electron chi connectivity index (χ3n) is 9.60. The summed E-state index contributed by atoms with van der Waals surface area (Å²) >= 11 is 0. The first-order valence-electron chi connectivity index (χ1n) is 16.7. The van der Waals surface area contributed by atoms with Crippen LogP contribution in [0.1, 0.15) is 20.3 Å². The van der Waals surface area contributed by atoms with E-state index in [1.807, 2.05) is 0 Å². The van der Waals surface area contributed by atoms with Gasteiger partial charge in [-0.2, -0.15) is 0 Å². The first-order chi connectivity index (χ1) is 24.8. The zero-order valence-corrected chi connectivity index (χ0v) is 28.4. The summed E-state index contributed by atoms with van der Waals surface area (Å²) in [6.45, 7) is -0.345. The van der Waals surface area contributed by atoms with E-state index in [0.29, 0.717) is 0 Å². The van der Waals surface area contributed by atoms with Crippen molar-refractivity contribution in [1.82, 2.24) is 5.32 Å². The first-order valence-corrected chi connectivity index (χ1v) is 16.7. The van der Waals surface area contributed by atoms with Crippen LogP contribution in [0.5, 0.6) is 0 Å². The van der Waals surface area contributed by atoms with Crippen LogP contribution in [0, 0.1) is 0 Å². The zero-order valence-electron chi connectivity index (χ0n) is 28.4. The Bertz CT molecular complexity index is 1220.